The van der Waals surface area contributed by atoms with Gasteiger partial charge in [-0.25, -0.2) is 0 Å². The molecule has 1 unspecified atom stereocenters. The van der Waals surface area contributed by atoms with E-state index < -0.39 is 0 Å². The van der Waals surface area contributed by atoms with E-state index in [0.717, 1.165) is 11.1 Å². The lowest BCUT2D eigenvalue weighted by Crippen LogP contribution is -2.33. The van der Waals surface area contributed by atoms with Crippen molar-refractivity contribution in [1.82, 2.24) is 10.6 Å². The Labute approximate surface area is 119 Å². The van der Waals surface area contributed by atoms with Crippen LogP contribution in [0, 0.1) is 6.92 Å². The zero-order chi connectivity index (χ0) is 15.0. The third kappa shape index (κ3) is 5.84. The van der Waals surface area contributed by atoms with E-state index >= 15 is 0 Å². The van der Waals surface area contributed by atoms with Crippen molar-refractivity contribution in [2.75, 3.05) is 13.2 Å². The number of carbonyl (C=O) groups is 2. The van der Waals surface area contributed by atoms with Gasteiger partial charge in [-0.1, -0.05) is 29.8 Å². The summed E-state index contributed by atoms with van der Waals surface area (Å²) >= 11 is 0. The van der Waals surface area contributed by atoms with Gasteiger partial charge in [0, 0.05) is 20.1 Å². The van der Waals surface area contributed by atoms with E-state index in [4.69, 9.17) is 5.11 Å². The maximum absolute atomic E-state index is 11.8. The number of carbonyl (C=O) groups excluding carboxylic acids is 2. The number of rotatable bonds is 7. The van der Waals surface area contributed by atoms with Crippen LogP contribution in [0.25, 0.3) is 0 Å². The summed E-state index contributed by atoms with van der Waals surface area (Å²) in [4.78, 5) is 23.1. The van der Waals surface area contributed by atoms with Crippen LogP contribution in [0.5, 0.6) is 0 Å². The SMILES string of the molecule is CC(=O)NC(CC(=O)NCCCO)c1ccc(C)cc1. The van der Waals surface area contributed by atoms with Gasteiger partial charge in [0.2, 0.25) is 11.8 Å². The highest BCUT2D eigenvalue weighted by Crippen LogP contribution is 2.17. The first kappa shape index (κ1) is 16.2. The average molecular weight is 278 g/mol. The Hall–Kier alpha value is -1.88. The van der Waals surface area contributed by atoms with Crippen molar-refractivity contribution in [2.24, 2.45) is 0 Å². The molecule has 0 saturated carbocycles. The van der Waals surface area contributed by atoms with Crippen LogP contribution in [-0.2, 0) is 9.59 Å². The molecule has 20 heavy (non-hydrogen) atoms. The van der Waals surface area contributed by atoms with Crippen LogP contribution in [0.1, 0.15) is 36.9 Å². The van der Waals surface area contributed by atoms with Gasteiger partial charge in [-0.3, -0.25) is 9.59 Å². The van der Waals surface area contributed by atoms with E-state index in [1.54, 1.807) is 0 Å². The van der Waals surface area contributed by atoms with Crippen LogP contribution < -0.4 is 10.6 Å². The predicted molar refractivity (Wildman–Crippen MR) is 77.1 cm³/mol. The van der Waals surface area contributed by atoms with E-state index in [1.807, 2.05) is 31.2 Å². The van der Waals surface area contributed by atoms with Crippen molar-refractivity contribution in [3.63, 3.8) is 0 Å². The van der Waals surface area contributed by atoms with Crippen molar-refractivity contribution in [3.05, 3.63) is 35.4 Å². The predicted octanol–water partition coefficient (Wildman–Crippen LogP) is 1.06. The second kappa shape index (κ2) is 8.32. The third-order valence-corrected chi connectivity index (χ3v) is 2.90. The molecular formula is C15H22N2O3. The molecule has 1 aromatic rings. The summed E-state index contributed by atoms with van der Waals surface area (Å²) in [7, 11) is 0. The Morgan fingerprint density at radius 2 is 1.90 bits per heavy atom. The van der Waals surface area contributed by atoms with Crippen LogP contribution in [0.4, 0.5) is 0 Å². The molecule has 3 N–H and O–H groups in total. The molecular weight excluding hydrogens is 256 g/mol. The normalized spacial score (nSPS) is 11.8. The van der Waals surface area contributed by atoms with E-state index in [2.05, 4.69) is 10.6 Å². The first-order valence-electron chi connectivity index (χ1n) is 6.74. The molecule has 1 atom stereocenters. The van der Waals surface area contributed by atoms with Gasteiger partial charge < -0.3 is 15.7 Å². The minimum absolute atomic E-state index is 0.0490. The number of hydrogen-bond donors (Lipinski definition) is 3. The van der Waals surface area contributed by atoms with Crippen molar-refractivity contribution >= 4 is 11.8 Å². The molecule has 2 amide bonds. The monoisotopic (exact) mass is 278 g/mol. The van der Waals surface area contributed by atoms with Crippen molar-refractivity contribution in [2.45, 2.75) is 32.7 Å². The lowest BCUT2D eigenvalue weighted by atomic mass is 10.0. The number of hydrogen-bond acceptors (Lipinski definition) is 3. The molecule has 0 aliphatic heterocycles. The number of amides is 2. The summed E-state index contributed by atoms with van der Waals surface area (Å²) < 4.78 is 0. The molecule has 5 nitrogen and oxygen atoms in total. The van der Waals surface area contributed by atoms with Crippen molar-refractivity contribution < 1.29 is 14.7 Å². The number of aryl methyl sites for hydroxylation is 1. The summed E-state index contributed by atoms with van der Waals surface area (Å²) in [5.74, 6) is -0.309. The first-order chi connectivity index (χ1) is 9.52. The molecule has 0 saturated heterocycles. The molecule has 1 rings (SSSR count). The molecule has 0 heterocycles. The summed E-state index contributed by atoms with van der Waals surface area (Å²) in [5.41, 5.74) is 2.03. The molecule has 0 spiro atoms. The lowest BCUT2D eigenvalue weighted by molar-refractivity contribution is -0.122. The van der Waals surface area contributed by atoms with Gasteiger partial charge in [0.05, 0.1) is 12.5 Å². The smallest absolute Gasteiger partial charge is 0.222 e. The molecule has 0 aliphatic rings. The van der Waals surface area contributed by atoms with Gasteiger partial charge in [0.15, 0.2) is 0 Å². The first-order valence-corrected chi connectivity index (χ1v) is 6.74. The number of nitrogens with one attached hydrogen (secondary N) is 2. The topological polar surface area (TPSA) is 78.4 Å². The Bertz CT molecular complexity index is 443. The lowest BCUT2D eigenvalue weighted by Gasteiger charge is -2.18. The maximum Gasteiger partial charge on any atom is 0.222 e. The minimum Gasteiger partial charge on any atom is -0.396 e. The molecule has 5 heteroatoms. The van der Waals surface area contributed by atoms with E-state index in [1.165, 1.54) is 6.92 Å². The largest absolute Gasteiger partial charge is 0.396 e. The van der Waals surface area contributed by atoms with Gasteiger partial charge in [0.1, 0.15) is 0 Å². The van der Waals surface area contributed by atoms with Gasteiger partial charge >= 0.3 is 0 Å². The number of aliphatic hydroxyl groups is 1. The van der Waals surface area contributed by atoms with Gasteiger partial charge in [-0.05, 0) is 18.9 Å². The van der Waals surface area contributed by atoms with E-state index in [-0.39, 0.29) is 30.9 Å². The van der Waals surface area contributed by atoms with Crippen LogP contribution in [0.15, 0.2) is 24.3 Å². The Morgan fingerprint density at radius 3 is 2.45 bits per heavy atom. The number of aliphatic hydroxyl groups excluding tert-OH is 1. The molecule has 0 aliphatic carbocycles. The van der Waals surface area contributed by atoms with Crippen molar-refractivity contribution in [3.8, 4) is 0 Å². The van der Waals surface area contributed by atoms with Gasteiger partial charge in [0.25, 0.3) is 0 Å². The fourth-order valence-corrected chi connectivity index (χ4v) is 1.86. The fourth-order valence-electron chi connectivity index (χ4n) is 1.86. The van der Waals surface area contributed by atoms with E-state index in [0.29, 0.717) is 13.0 Å². The second-order valence-electron chi connectivity index (χ2n) is 4.80. The van der Waals surface area contributed by atoms with Gasteiger partial charge in [-0.15, -0.1) is 0 Å². The highest BCUT2D eigenvalue weighted by molar-refractivity contribution is 5.79. The highest BCUT2D eigenvalue weighted by Gasteiger charge is 2.16. The maximum atomic E-state index is 11.8. The summed E-state index contributed by atoms with van der Waals surface area (Å²) in [6.07, 6.45) is 0.717. The van der Waals surface area contributed by atoms with E-state index in [9.17, 15) is 9.59 Å². The Balaban J connectivity index is 2.67. The fraction of sp³-hybridized carbons (Fsp3) is 0.467. The molecule has 0 aromatic heterocycles. The third-order valence-electron chi connectivity index (χ3n) is 2.90. The second-order valence-corrected chi connectivity index (χ2v) is 4.80. The van der Waals surface area contributed by atoms with Crippen LogP contribution in [0.3, 0.4) is 0 Å². The number of benzene rings is 1. The van der Waals surface area contributed by atoms with Crippen molar-refractivity contribution in [1.29, 1.82) is 0 Å². The Kier molecular flexibility index (Phi) is 6.73. The van der Waals surface area contributed by atoms with Crippen LogP contribution in [-0.4, -0.2) is 30.1 Å². The standard InChI is InChI=1S/C15H22N2O3/c1-11-4-6-13(7-5-11)14(17-12(2)19)10-15(20)16-8-3-9-18/h4-7,14,18H,3,8-10H2,1-2H3,(H,16,20)(H,17,19). The summed E-state index contributed by atoms with van der Waals surface area (Å²) in [6, 6.07) is 7.40. The molecule has 1 aromatic carbocycles. The van der Waals surface area contributed by atoms with Crippen LogP contribution >= 0.6 is 0 Å². The molecule has 0 bridgehead atoms. The van der Waals surface area contributed by atoms with Gasteiger partial charge in [-0.2, -0.15) is 0 Å². The average Bonchev–Trinajstić information content (AvgIpc) is 2.38. The summed E-state index contributed by atoms with van der Waals surface area (Å²) in [5, 5.41) is 14.2. The molecule has 0 fully saturated rings. The molecule has 0 radical (unpaired) electrons. The minimum atomic E-state index is -0.331. The Morgan fingerprint density at radius 1 is 1.25 bits per heavy atom. The molecule has 110 valence electrons. The van der Waals surface area contributed by atoms with Crippen LogP contribution in [0.2, 0.25) is 0 Å². The summed E-state index contributed by atoms with van der Waals surface area (Å²) in [6.45, 7) is 3.91. The highest BCUT2D eigenvalue weighted by atomic mass is 16.3. The zero-order valence-electron chi connectivity index (χ0n) is 12.0. The zero-order valence-corrected chi connectivity index (χ0v) is 12.0. The quantitative estimate of drug-likeness (QED) is 0.653.